The van der Waals surface area contributed by atoms with Gasteiger partial charge in [0, 0.05) is 13.1 Å². The van der Waals surface area contributed by atoms with Gasteiger partial charge >= 0.3 is 12.1 Å². The minimum Gasteiger partial charge on any atom is -0.481 e. The Balaban J connectivity index is 1.86. The van der Waals surface area contributed by atoms with Gasteiger partial charge in [-0.3, -0.25) is 9.59 Å². The number of carbonyl (C=O) groups excluding carboxylic acids is 1. The van der Waals surface area contributed by atoms with Crippen molar-refractivity contribution in [1.82, 2.24) is 4.90 Å². The predicted molar refractivity (Wildman–Crippen MR) is 79.4 cm³/mol. The maximum atomic E-state index is 13.3. The van der Waals surface area contributed by atoms with Crippen molar-refractivity contribution in [3.05, 3.63) is 35.4 Å². The highest BCUT2D eigenvalue weighted by atomic mass is 19.4. The summed E-state index contributed by atoms with van der Waals surface area (Å²) in [7, 11) is 0. The average molecular weight is 341 g/mol. The van der Waals surface area contributed by atoms with Crippen LogP contribution in [0.4, 0.5) is 13.2 Å². The normalized spacial score (nSPS) is 25.6. The van der Waals surface area contributed by atoms with Crippen molar-refractivity contribution in [3.63, 3.8) is 0 Å². The Morgan fingerprint density at radius 2 is 1.88 bits per heavy atom. The van der Waals surface area contributed by atoms with E-state index < -0.39 is 35.9 Å². The summed E-state index contributed by atoms with van der Waals surface area (Å²) in [4.78, 5) is 25.2. The lowest BCUT2D eigenvalue weighted by Gasteiger charge is -2.28. The van der Waals surface area contributed by atoms with E-state index in [1.165, 1.54) is 0 Å². The summed E-state index contributed by atoms with van der Waals surface area (Å²) in [5.74, 6) is -2.30. The second-order valence-corrected chi connectivity index (χ2v) is 6.81. The van der Waals surface area contributed by atoms with Crippen molar-refractivity contribution >= 4 is 11.9 Å². The lowest BCUT2D eigenvalue weighted by Crippen LogP contribution is -2.48. The van der Waals surface area contributed by atoms with Gasteiger partial charge in [0.1, 0.15) is 0 Å². The van der Waals surface area contributed by atoms with Gasteiger partial charge in [0.25, 0.3) is 0 Å². The molecule has 1 atom stereocenters. The molecule has 1 N–H and O–H groups in total. The number of rotatable bonds is 3. The van der Waals surface area contributed by atoms with Crippen LogP contribution in [0.1, 0.15) is 30.4 Å². The number of likely N-dealkylation sites (tertiary alicyclic amines) is 1. The van der Waals surface area contributed by atoms with Crippen LogP contribution in [0, 0.1) is 12.3 Å². The van der Waals surface area contributed by atoms with Gasteiger partial charge in [-0.05, 0) is 31.7 Å². The van der Waals surface area contributed by atoms with Crippen LogP contribution in [-0.2, 0) is 15.0 Å². The number of alkyl halides is 3. The zero-order valence-electron chi connectivity index (χ0n) is 13.2. The van der Waals surface area contributed by atoms with Gasteiger partial charge < -0.3 is 10.0 Å². The number of hydrogen-bond acceptors (Lipinski definition) is 2. The first-order valence-corrected chi connectivity index (χ1v) is 7.79. The summed E-state index contributed by atoms with van der Waals surface area (Å²) in [6, 6.07) is 7.38. The molecule has 1 aromatic carbocycles. The molecule has 2 fully saturated rings. The standard InChI is InChI=1S/C17H18F3NO3/c1-11-3-2-4-12(9-11)15(5-6-15)13(22)21-8-7-16(10-21,14(23)24)17(18,19)20/h2-4,9H,5-8,10H2,1H3,(H,23,24). The van der Waals surface area contributed by atoms with E-state index in [0.717, 1.165) is 16.0 Å². The Morgan fingerprint density at radius 3 is 2.33 bits per heavy atom. The van der Waals surface area contributed by atoms with Gasteiger partial charge in [0.05, 0.1) is 5.41 Å². The molecule has 7 heteroatoms. The van der Waals surface area contributed by atoms with E-state index in [1.807, 2.05) is 31.2 Å². The first kappa shape index (κ1) is 16.8. The molecule has 0 aromatic heterocycles. The van der Waals surface area contributed by atoms with Gasteiger partial charge in [0.2, 0.25) is 5.91 Å². The van der Waals surface area contributed by atoms with Crippen LogP contribution in [0.25, 0.3) is 0 Å². The number of carboxylic acid groups (broad SMARTS) is 1. The molecule has 1 aliphatic heterocycles. The van der Waals surface area contributed by atoms with E-state index in [9.17, 15) is 22.8 Å². The minimum atomic E-state index is -4.88. The Hall–Kier alpha value is -2.05. The van der Waals surface area contributed by atoms with Crippen LogP contribution in [-0.4, -0.2) is 41.1 Å². The number of amides is 1. The second-order valence-electron chi connectivity index (χ2n) is 6.81. The maximum Gasteiger partial charge on any atom is 0.406 e. The summed E-state index contributed by atoms with van der Waals surface area (Å²) in [6.45, 7) is 0.898. The third-order valence-corrected chi connectivity index (χ3v) is 5.24. The van der Waals surface area contributed by atoms with Gasteiger partial charge in [0.15, 0.2) is 5.41 Å². The molecule has 3 rings (SSSR count). The molecule has 4 nitrogen and oxygen atoms in total. The second kappa shape index (κ2) is 5.22. The molecule has 0 bridgehead atoms. The average Bonchev–Trinajstić information content (AvgIpc) is 3.16. The molecular weight excluding hydrogens is 323 g/mol. The summed E-state index contributed by atoms with van der Waals surface area (Å²) in [6.07, 6.45) is -4.31. The van der Waals surface area contributed by atoms with Crippen LogP contribution < -0.4 is 0 Å². The zero-order chi connectivity index (χ0) is 17.8. The van der Waals surface area contributed by atoms with Crippen LogP contribution in [0.5, 0.6) is 0 Å². The van der Waals surface area contributed by atoms with Gasteiger partial charge in [-0.2, -0.15) is 13.2 Å². The monoisotopic (exact) mass is 341 g/mol. The molecule has 1 unspecified atom stereocenters. The lowest BCUT2D eigenvalue weighted by molar-refractivity contribution is -0.227. The SMILES string of the molecule is Cc1cccc(C2(C(=O)N3CCC(C(=O)O)(C(F)(F)F)C3)CC2)c1. The molecule has 1 heterocycles. The van der Waals surface area contributed by atoms with Crippen molar-refractivity contribution in [2.24, 2.45) is 5.41 Å². The number of carboxylic acids is 1. The molecular formula is C17H18F3NO3. The van der Waals surface area contributed by atoms with Crippen LogP contribution in [0.15, 0.2) is 24.3 Å². The van der Waals surface area contributed by atoms with E-state index in [-0.39, 0.29) is 12.5 Å². The Kier molecular flexibility index (Phi) is 3.66. The third kappa shape index (κ3) is 2.37. The number of benzene rings is 1. The zero-order valence-corrected chi connectivity index (χ0v) is 13.2. The number of carbonyl (C=O) groups is 2. The van der Waals surface area contributed by atoms with Crippen molar-refractivity contribution in [2.45, 2.75) is 37.8 Å². The molecule has 0 spiro atoms. The van der Waals surface area contributed by atoms with E-state index >= 15 is 0 Å². The molecule has 0 radical (unpaired) electrons. The van der Waals surface area contributed by atoms with Crippen LogP contribution in [0.3, 0.4) is 0 Å². The van der Waals surface area contributed by atoms with E-state index in [0.29, 0.717) is 12.8 Å². The summed E-state index contributed by atoms with van der Waals surface area (Å²) < 4.78 is 39.8. The predicted octanol–water partition coefficient (Wildman–Crippen LogP) is 2.89. The van der Waals surface area contributed by atoms with Gasteiger partial charge in [-0.15, -0.1) is 0 Å². The fourth-order valence-corrected chi connectivity index (χ4v) is 3.51. The fraction of sp³-hybridized carbons (Fsp3) is 0.529. The maximum absolute atomic E-state index is 13.3. The molecule has 24 heavy (non-hydrogen) atoms. The van der Waals surface area contributed by atoms with E-state index in [2.05, 4.69) is 0 Å². The van der Waals surface area contributed by atoms with E-state index in [1.54, 1.807) is 0 Å². The minimum absolute atomic E-state index is 0.182. The molecule has 1 aliphatic carbocycles. The highest BCUT2D eigenvalue weighted by molar-refractivity contribution is 5.92. The lowest BCUT2D eigenvalue weighted by atomic mass is 9.86. The molecule has 1 aromatic rings. The van der Waals surface area contributed by atoms with E-state index in [4.69, 9.17) is 5.11 Å². The largest absolute Gasteiger partial charge is 0.481 e. The Morgan fingerprint density at radius 1 is 1.21 bits per heavy atom. The number of hydrogen-bond donors (Lipinski definition) is 1. The van der Waals surface area contributed by atoms with Crippen molar-refractivity contribution in [1.29, 1.82) is 0 Å². The van der Waals surface area contributed by atoms with Crippen molar-refractivity contribution in [3.8, 4) is 0 Å². The molecule has 130 valence electrons. The molecule has 1 saturated carbocycles. The molecule has 2 aliphatic rings. The molecule has 1 saturated heterocycles. The quantitative estimate of drug-likeness (QED) is 0.920. The summed E-state index contributed by atoms with van der Waals surface area (Å²) in [5, 5.41) is 9.11. The smallest absolute Gasteiger partial charge is 0.406 e. The third-order valence-electron chi connectivity index (χ3n) is 5.24. The first-order chi connectivity index (χ1) is 11.1. The van der Waals surface area contributed by atoms with Crippen molar-refractivity contribution in [2.75, 3.05) is 13.1 Å². The van der Waals surface area contributed by atoms with Crippen LogP contribution >= 0.6 is 0 Å². The topological polar surface area (TPSA) is 57.6 Å². The van der Waals surface area contributed by atoms with Crippen LogP contribution in [0.2, 0.25) is 0 Å². The molecule has 1 amide bonds. The highest BCUT2D eigenvalue weighted by Crippen LogP contribution is 2.52. The summed E-state index contributed by atoms with van der Waals surface area (Å²) >= 11 is 0. The fourth-order valence-electron chi connectivity index (χ4n) is 3.51. The van der Waals surface area contributed by atoms with Gasteiger partial charge in [-0.1, -0.05) is 29.8 Å². The number of aryl methyl sites for hydroxylation is 1. The Bertz CT molecular complexity index is 697. The Labute approximate surface area is 137 Å². The highest BCUT2D eigenvalue weighted by Gasteiger charge is 2.66. The number of nitrogens with zero attached hydrogens (tertiary/aromatic N) is 1. The first-order valence-electron chi connectivity index (χ1n) is 7.79. The number of aliphatic carboxylic acids is 1. The van der Waals surface area contributed by atoms with Crippen molar-refractivity contribution < 1.29 is 27.9 Å². The van der Waals surface area contributed by atoms with Gasteiger partial charge in [-0.25, -0.2) is 0 Å². The summed E-state index contributed by atoms with van der Waals surface area (Å²) in [5.41, 5.74) is -1.87. The number of halogens is 3.